The van der Waals surface area contributed by atoms with Crippen LogP contribution in [0.15, 0.2) is 36.9 Å². The highest BCUT2D eigenvalue weighted by atomic mass is 16.5. The topological polar surface area (TPSA) is 60.2 Å². The number of pyridine rings is 1. The predicted octanol–water partition coefficient (Wildman–Crippen LogP) is 2.26. The summed E-state index contributed by atoms with van der Waals surface area (Å²) in [4.78, 5) is 23.2. The molecular weight excluding hydrogens is 316 g/mol. The summed E-state index contributed by atoms with van der Waals surface area (Å²) in [7, 11) is 1.71. The van der Waals surface area contributed by atoms with Crippen LogP contribution < -0.4 is 0 Å². The summed E-state index contributed by atoms with van der Waals surface area (Å²) < 4.78 is 7.33. The minimum Gasteiger partial charge on any atom is -0.383 e. The molecular formula is C19H26N4O2. The zero-order chi connectivity index (χ0) is 17.5. The second kappa shape index (κ2) is 8.76. The van der Waals surface area contributed by atoms with Crippen LogP contribution in [0.25, 0.3) is 0 Å². The summed E-state index contributed by atoms with van der Waals surface area (Å²) in [6, 6.07) is 3.94. The lowest BCUT2D eigenvalue weighted by Gasteiger charge is -2.33. The molecule has 0 aromatic carbocycles. The Hall–Kier alpha value is -2.21. The van der Waals surface area contributed by atoms with E-state index >= 15 is 0 Å². The summed E-state index contributed by atoms with van der Waals surface area (Å²) in [6.07, 6.45) is 10.8. The first-order valence-corrected chi connectivity index (χ1v) is 8.94. The van der Waals surface area contributed by atoms with Crippen molar-refractivity contribution in [1.29, 1.82) is 0 Å². The molecule has 1 fully saturated rings. The van der Waals surface area contributed by atoms with Crippen molar-refractivity contribution in [2.24, 2.45) is 0 Å². The first kappa shape index (κ1) is 17.6. The summed E-state index contributed by atoms with van der Waals surface area (Å²) in [5.41, 5.74) is 1.16. The van der Waals surface area contributed by atoms with Crippen LogP contribution in [0.5, 0.6) is 0 Å². The SMILES string of the molecule is COCCn1ccnc1C1CCCN(C(=O)CCc2ccncc2)C1. The number of amides is 1. The van der Waals surface area contributed by atoms with E-state index in [0.29, 0.717) is 18.9 Å². The molecule has 3 heterocycles. The van der Waals surface area contributed by atoms with E-state index in [9.17, 15) is 4.79 Å². The lowest BCUT2D eigenvalue weighted by Crippen LogP contribution is -2.40. The first-order valence-electron chi connectivity index (χ1n) is 8.94. The molecule has 1 aliphatic heterocycles. The Morgan fingerprint density at radius 1 is 1.32 bits per heavy atom. The molecule has 0 saturated carbocycles. The first-order chi connectivity index (χ1) is 12.3. The van der Waals surface area contributed by atoms with Gasteiger partial charge < -0.3 is 14.2 Å². The van der Waals surface area contributed by atoms with E-state index in [1.165, 1.54) is 0 Å². The second-order valence-electron chi connectivity index (χ2n) is 6.51. The zero-order valence-corrected chi connectivity index (χ0v) is 14.8. The molecule has 0 N–H and O–H groups in total. The fraction of sp³-hybridized carbons (Fsp3) is 0.526. The molecule has 0 spiro atoms. The average molecular weight is 342 g/mol. The summed E-state index contributed by atoms with van der Waals surface area (Å²) in [6.45, 7) is 3.09. The molecule has 1 atom stereocenters. The summed E-state index contributed by atoms with van der Waals surface area (Å²) >= 11 is 0. The Balaban J connectivity index is 1.57. The number of likely N-dealkylation sites (tertiary alicyclic amines) is 1. The van der Waals surface area contributed by atoms with E-state index in [1.807, 2.05) is 29.4 Å². The highest BCUT2D eigenvalue weighted by Gasteiger charge is 2.27. The molecule has 1 saturated heterocycles. The lowest BCUT2D eigenvalue weighted by atomic mass is 9.96. The molecule has 134 valence electrons. The van der Waals surface area contributed by atoms with E-state index in [2.05, 4.69) is 14.5 Å². The number of ether oxygens (including phenoxy) is 1. The van der Waals surface area contributed by atoms with Crippen LogP contribution in [0.2, 0.25) is 0 Å². The number of rotatable bonds is 7. The molecule has 3 rings (SSSR count). The molecule has 0 radical (unpaired) electrons. The van der Waals surface area contributed by atoms with E-state index < -0.39 is 0 Å². The fourth-order valence-electron chi connectivity index (χ4n) is 3.43. The van der Waals surface area contributed by atoms with Gasteiger partial charge in [-0.15, -0.1) is 0 Å². The minimum absolute atomic E-state index is 0.233. The molecule has 25 heavy (non-hydrogen) atoms. The smallest absolute Gasteiger partial charge is 0.222 e. The van der Waals surface area contributed by atoms with Crippen LogP contribution in [0, 0.1) is 0 Å². The number of nitrogens with zero attached hydrogens (tertiary/aromatic N) is 4. The maximum Gasteiger partial charge on any atom is 0.222 e. The third-order valence-electron chi connectivity index (χ3n) is 4.80. The van der Waals surface area contributed by atoms with E-state index in [1.54, 1.807) is 19.5 Å². The molecule has 1 aliphatic rings. The highest BCUT2D eigenvalue weighted by Crippen LogP contribution is 2.26. The normalized spacial score (nSPS) is 17.6. The van der Waals surface area contributed by atoms with Gasteiger partial charge in [0.15, 0.2) is 0 Å². The van der Waals surface area contributed by atoms with Crippen molar-refractivity contribution in [2.45, 2.75) is 38.1 Å². The molecule has 1 unspecified atom stereocenters. The van der Waals surface area contributed by atoms with Gasteiger partial charge in [-0.05, 0) is 37.0 Å². The molecule has 1 amide bonds. The fourth-order valence-corrected chi connectivity index (χ4v) is 3.43. The zero-order valence-electron chi connectivity index (χ0n) is 14.8. The van der Waals surface area contributed by atoms with Crippen LogP contribution in [0.1, 0.15) is 36.6 Å². The summed E-state index contributed by atoms with van der Waals surface area (Å²) in [5.74, 6) is 1.62. The van der Waals surface area contributed by atoms with Gasteiger partial charge in [0.1, 0.15) is 5.82 Å². The number of imidazole rings is 1. The van der Waals surface area contributed by atoms with Crippen LogP contribution >= 0.6 is 0 Å². The number of hydrogen-bond acceptors (Lipinski definition) is 4. The van der Waals surface area contributed by atoms with Crippen molar-refractivity contribution in [2.75, 3.05) is 26.8 Å². The van der Waals surface area contributed by atoms with Crippen molar-refractivity contribution in [1.82, 2.24) is 19.4 Å². The van der Waals surface area contributed by atoms with Crippen LogP contribution in [-0.4, -0.2) is 52.1 Å². The van der Waals surface area contributed by atoms with Crippen LogP contribution in [-0.2, 0) is 22.5 Å². The molecule has 0 bridgehead atoms. The third-order valence-corrected chi connectivity index (χ3v) is 4.80. The Kier molecular flexibility index (Phi) is 6.17. The summed E-state index contributed by atoms with van der Waals surface area (Å²) in [5, 5.41) is 0. The van der Waals surface area contributed by atoms with Crippen molar-refractivity contribution >= 4 is 5.91 Å². The minimum atomic E-state index is 0.233. The van der Waals surface area contributed by atoms with Gasteiger partial charge in [-0.25, -0.2) is 4.98 Å². The lowest BCUT2D eigenvalue weighted by molar-refractivity contribution is -0.132. The van der Waals surface area contributed by atoms with Crippen LogP contribution in [0.3, 0.4) is 0 Å². The number of hydrogen-bond donors (Lipinski definition) is 0. The standard InChI is InChI=1S/C19H26N4O2/c1-25-14-13-22-12-10-21-19(22)17-3-2-11-23(15-17)18(24)5-4-16-6-8-20-9-7-16/h6-10,12,17H,2-5,11,13-15H2,1H3. The van der Waals surface area contributed by atoms with Gasteiger partial charge in [0.2, 0.25) is 5.91 Å². The van der Waals surface area contributed by atoms with Gasteiger partial charge in [-0.1, -0.05) is 0 Å². The molecule has 6 nitrogen and oxygen atoms in total. The monoisotopic (exact) mass is 342 g/mol. The number of carbonyl (C=O) groups excluding carboxylic acids is 1. The third kappa shape index (κ3) is 4.66. The van der Waals surface area contributed by atoms with Crippen molar-refractivity contribution in [3.05, 3.63) is 48.3 Å². The molecule has 2 aromatic heterocycles. The Bertz CT molecular complexity index is 671. The van der Waals surface area contributed by atoms with Gasteiger partial charge in [0.05, 0.1) is 6.61 Å². The van der Waals surface area contributed by atoms with Gasteiger partial charge in [0.25, 0.3) is 0 Å². The van der Waals surface area contributed by atoms with Gasteiger partial charge in [0, 0.05) is 63.9 Å². The van der Waals surface area contributed by atoms with Crippen molar-refractivity contribution in [3.63, 3.8) is 0 Å². The van der Waals surface area contributed by atoms with E-state index in [4.69, 9.17) is 4.74 Å². The maximum absolute atomic E-state index is 12.6. The highest BCUT2D eigenvalue weighted by molar-refractivity contribution is 5.76. The number of methoxy groups -OCH3 is 1. The van der Waals surface area contributed by atoms with E-state index in [-0.39, 0.29) is 5.91 Å². The predicted molar refractivity (Wildman–Crippen MR) is 95.2 cm³/mol. The largest absolute Gasteiger partial charge is 0.383 e. The molecule has 6 heteroatoms. The van der Waals surface area contributed by atoms with Crippen LogP contribution in [0.4, 0.5) is 0 Å². The van der Waals surface area contributed by atoms with E-state index in [0.717, 1.165) is 50.3 Å². The second-order valence-corrected chi connectivity index (χ2v) is 6.51. The van der Waals surface area contributed by atoms with Gasteiger partial charge >= 0.3 is 0 Å². The Morgan fingerprint density at radius 3 is 2.96 bits per heavy atom. The van der Waals surface area contributed by atoms with Crippen molar-refractivity contribution in [3.8, 4) is 0 Å². The Morgan fingerprint density at radius 2 is 2.16 bits per heavy atom. The van der Waals surface area contributed by atoms with Gasteiger partial charge in [-0.3, -0.25) is 9.78 Å². The average Bonchev–Trinajstić information content (AvgIpc) is 3.14. The number of piperidine rings is 1. The maximum atomic E-state index is 12.6. The number of carbonyl (C=O) groups is 1. The number of aryl methyl sites for hydroxylation is 1. The molecule has 0 aliphatic carbocycles. The quantitative estimate of drug-likeness (QED) is 0.774. The number of aromatic nitrogens is 3. The Labute approximate surface area is 148 Å². The van der Waals surface area contributed by atoms with Gasteiger partial charge in [-0.2, -0.15) is 0 Å². The van der Waals surface area contributed by atoms with Crippen molar-refractivity contribution < 1.29 is 9.53 Å². The molecule has 2 aromatic rings.